The third-order valence-electron chi connectivity index (χ3n) is 2.64. The van der Waals surface area contributed by atoms with Gasteiger partial charge in [0, 0.05) is 0 Å². The Morgan fingerprint density at radius 2 is 2.36 bits per heavy atom. The molecule has 0 spiro atoms. The Hall–Kier alpha value is 0.609. The van der Waals surface area contributed by atoms with Gasteiger partial charge in [-0.25, -0.2) is 0 Å². The van der Waals surface area contributed by atoms with Crippen LogP contribution >= 0.6 is 11.8 Å². The molecule has 1 fully saturated rings. The van der Waals surface area contributed by atoms with E-state index in [1.807, 2.05) is 0 Å². The summed E-state index contributed by atoms with van der Waals surface area (Å²) < 4.78 is 0.988. The molecule has 0 N–H and O–H groups in total. The topological polar surface area (TPSA) is 0 Å². The van der Waals surface area contributed by atoms with Gasteiger partial charge in [0.05, 0.1) is 0 Å². The monoisotopic (exact) mass is 278 g/mol. The normalized spacial score (nSPS) is 32.0. The van der Waals surface area contributed by atoms with Gasteiger partial charge in [0.2, 0.25) is 0 Å². The van der Waals surface area contributed by atoms with Crippen LogP contribution in [0.4, 0.5) is 0 Å². The van der Waals surface area contributed by atoms with Crippen molar-refractivity contribution in [1.29, 1.82) is 0 Å². The molecule has 0 aliphatic carbocycles. The zero-order chi connectivity index (χ0) is 10.4. The van der Waals surface area contributed by atoms with Crippen LogP contribution in [0, 0.1) is 5.92 Å². The van der Waals surface area contributed by atoms with Crippen LogP contribution in [0.3, 0.4) is 0 Å². The molecule has 0 amide bonds. The summed E-state index contributed by atoms with van der Waals surface area (Å²) in [6.07, 6.45) is 7.55. The fourth-order valence-electron chi connectivity index (χ4n) is 1.87. The number of rotatable bonds is 6. The molecule has 0 bridgehead atoms. The van der Waals surface area contributed by atoms with Gasteiger partial charge in [-0.15, -0.1) is 0 Å². The van der Waals surface area contributed by atoms with E-state index < -0.39 is 0 Å². The number of hydrogen-bond donors (Lipinski definition) is 0. The maximum absolute atomic E-state index is 3.88. The minimum absolute atomic E-state index is 0.881. The average molecular weight is 277 g/mol. The molecule has 14 heavy (non-hydrogen) atoms. The molecule has 0 nitrogen and oxygen atoms in total. The van der Waals surface area contributed by atoms with E-state index in [-0.39, 0.29) is 0 Å². The quantitative estimate of drug-likeness (QED) is 0.402. The molecular weight excluding hydrogens is 255 g/mol. The summed E-state index contributed by atoms with van der Waals surface area (Å²) in [7, 11) is 0. The summed E-state index contributed by atoms with van der Waals surface area (Å²) in [6, 6.07) is 0. The first-order valence-electron chi connectivity index (χ1n) is 5.65. The van der Waals surface area contributed by atoms with E-state index in [9.17, 15) is 0 Å². The van der Waals surface area contributed by atoms with E-state index >= 15 is 0 Å². The van der Waals surface area contributed by atoms with Crippen LogP contribution in [0.15, 0.2) is 12.7 Å². The molecule has 0 radical (unpaired) electrons. The van der Waals surface area contributed by atoms with Crippen molar-refractivity contribution in [1.82, 2.24) is 0 Å². The summed E-state index contributed by atoms with van der Waals surface area (Å²) in [5.41, 5.74) is 0. The molecule has 1 saturated heterocycles. The van der Waals surface area contributed by atoms with Gasteiger partial charge >= 0.3 is 99.5 Å². The summed E-state index contributed by atoms with van der Waals surface area (Å²) in [5, 5.41) is 0. The molecule has 3 unspecified atom stereocenters. The van der Waals surface area contributed by atoms with Crippen molar-refractivity contribution in [2.45, 2.75) is 48.5 Å². The van der Waals surface area contributed by atoms with Crippen LogP contribution < -0.4 is 0 Å². The van der Waals surface area contributed by atoms with Crippen molar-refractivity contribution in [3.63, 3.8) is 0 Å². The Bertz CT molecular complexity index is 170. The molecule has 0 saturated carbocycles. The third kappa shape index (κ3) is 4.00. The number of hydrogen-bond acceptors (Lipinski definition) is 1. The van der Waals surface area contributed by atoms with E-state index in [0.717, 1.165) is 29.8 Å². The summed E-state index contributed by atoms with van der Waals surface area (Å²) in [6.45, 7) is 8.59. The molecular formula is C12H22SSe. The molecule has 0 aromatic carbocycles. The Balaban J connectivity index is 2.29. The van der Waals surface area contributed by atoms with Gasteiger partial charge < -0.3 is 0 Å². The fourth-order valence-corrected chi connectivity index (χ4v) is 7.87. The van der Waals surface area contributed by atoms with Gasteiger partial charge in [-0.3, -0.25) is 0 Å². The molecule has 0 aromatic rings. The average Bonchev–Trinajstić information content (AvgIpc) is 2.48. The van der Waals surface area contributed by atoms with Gasteiger partial charge in [0.25, 0.3) is 0 Å². The first kappa shape index (κ1) is 12.7. The van der Waals surface area contributed by atoms with Crippen LogP contribution in [0.5, 0.6) is 0 Å². The van der Waals surface area contributed by atoms with Crippen LogP contribution in [0.1, 0.15) is 39.5 Å². The minimum atomic E-state index is 0.881. The number of allylic oxidation sites excluding steroid dienone is 1. The van der Waals surface area contributed by atoms with Crippen molar-refractivity contribution >= 4 is 26.7 Å². The third-order valence-corrected chi connectivity index (χ3v) is 8.06. The zero-order valence-electron chi connectivity index (χ0n) is 9.37. The molecule has 1 aliphatic rings. The van der Waals surface area contributed by atoms with Gasteiger partial charge in [-0.2, -0.15) is 0 Å². The van der Waals surface area contributed by atoms with Crippen LogP contribution in [0.2, 0.25) is 4.82 Å². The first-order valence-corrected chi connectivity index (χ1v) is 8.68. The van der Waals surface area contributed by atoms with Gasteiger partial charge in [-0.1, -0.05) is 0 Å². The van der Waals surface area contributed by atoms with Crippen LogP contribution in [-0.4, -0.2) is 24.9 Å². The zero-order valence-corrected chi connectivity index (χ0v) is 11.9. The van der Waals surface area contributed by atoms with E-state index in [1.54, 1.807) is 0 Å². The molecule has 1 heterocycles. The van der Waals surface area contributed by atoms with Gasteiger partial charge in [-0.05, 0) is 0 Å². The first-order chi connectivity index (χ1) is 6.77. The van der Waals surface area contributed by atoms with E-state index in [4.69, 9.17) is 0 Å². The molecule has 1 aliphatic heterocycles. The summed E-state index contributed by atoms with van der Waals surface area (Å²) in [4.78, 5) is 1.01. The Labute approximate surface area is 99.5 Å². The van der Waals surface area contributed by atoms with Crippen molar-refractivity contribution in [3.05, 3.63) is 12.7 Å². The fraction of sp³-hybridized carbons (Fsp3) is 0.833. The van der Waals surface area contributed by atoms with Crippen LogP contribution in [-0.2, 0) is 0 Å². The standard InChI is InChI=1S/C12H22SSe/c1-4-6-8-13-12-11(7-5-2)9-10(3)14-12/h5,10-12H,2,4,6-9H2,1,3H3. The molecule has 2 heteroatoms. The Morgan fingerprint density at radius 3 is 3.00 bits per heavy atom. The van der Waals surface area contributed by atoms with Gasteiger partial charge in [0.15, 0.2) is 0 Å². The van der Waals surface area contributed by atoms with Crippen molar-refractivity contribution in [2.24, 2.45) is 5.92 Å². The summed E-state index contributed by atoms with van der Waals surface area (Å²) in [5.74, 6) is 2.33. The second-order valence-electron chi connectivity index (χ2n) is 4.06. The van der Waals surface area contributed by atoms with Crippen molar-refractivity contribution < 1.29 is 0 Å². The van der Waals surface area contributed by atoms with Crippen molar-refractivity contribution in [3.8, 4) is 0 Å². The molecule has 0 aromatic heterocycles. The van der Waals surface area contributed by atoms with Gasteiger partial charge in [0.1, 0.15) is 0 Å². The second-order valence-corrected chi connectivity index (χ2v) is 9.31. The Morgan fingerprint density at radius 1 is 1.57 bits per heavy atom. The SMILES string of the molecule is C=CCC1CC(C)[Se]C1SCCCC. The second kappa shape index (κ2) is 6.98. The molecule has 3 atom stereocenters. The van der Waals surface area contributed by atoms with E-state index in [2.05, 4.69) is 38.3 Å². The van der Waals surface area contributed by atoms with Crippen LogP contribution in [0.25, 0.3) is 0 Å². The maximum atomic E-state index is 3.88. The predicted octanol–water partition coefficient (Wildman–Crippen LogP) is 3.95. The number of thioether (sulfide) groups is 1. The molecule has 1 rings (SSSR count). The number of unbranched alkanes of at least 4 members (excludes halogenated alkanes) is 1. The Kier molecular flexibility index (Phi) is 6.32. The predicted molar refractivity (Wildman–Crippen MR) is 69.3 cm³/mol. The molecule has 82 valence electrons. The summed E-state index contributed by atoms with van der Waals surface area (Å²) >= 11 is 3.12. The van der Waals surface area contributed by atoms with Crippen molar-refractivity contribution in [2.75, 3.05) is 5.75 Å². The van der Waals surface area contributed by atoms with E-state index in [1.165, 1.54) is 31.4 Å². The van der Waals surface area contributed by atoms with E-state index in [0.29, 0.717) is 0 Å².